The van der Waals surface area contributed by atoms with Gasteiger partial charge in [-0.2, -0.15) is 0 Å². The van der Waals surface area contributed by atoms with Gasteiger partial charge in [0.15, 0.2) is 6.39 Å². The molecule has 0 aliphatic heterocycles. The fourth-order valence-electron chi connectivity index (χ4n) is 0.923. The third-order valence-corrected chi connectivity index (χ3v) is 2.30. The summed E-state index contributed by atoms with van der Waals surface area (Å²) >= 11 is 0. The van der Waals surface area contributed by atoms with Gasteiger partial charge in [0.05, 0.1) is 19.3 Å². The van der Waals surface area contributed by atoms with Crippen LogP contribution in [0.3, 0.4) is 0 Å². The van der Waals surface area contributed by atoms with Crippen molar-refractivity contribution in [2.24, 2.45) is 0 Å². The first kappa shape index (κ1) is 10.2. The van der Waals surface area contributed by atoms with E-state index in [0.29, 0.717) is 6.54 Å². The van der Waals surface area contributed by atoms with Gasteiger partial charge in [-0.1, -0.05) is 6.92 Å². The number of aliphatic hydroxyl groups excluding tert-OH is 1. The summed E-state index contributed by atoms with van der Waals surface area (Å²) in [5.41, 5.74) is -0.229. The van der Waals surface area contributed by atoms with Crippen LogP contribution in [-0.4, -0.2) is 22.2 Å². The number of aromatic nitrogens is 1. The molecule has 1 heterocycles. The van der Waals surface area contributed by atoms with Crippen LogP contribution < -0.4 is 5.32 Å². The average Bonchev–Trinajstić information content (AvgIpc) is 2.67. The first-order chi connectivity index (χ1) is 6.20. The molecule has 4 nitrogen and oxygen atoms in total. The van der Waals surface area contributed by atoms with Crippen LogP contribution in [0, 0.1) is 0 Å². The van der Waals surface area contributed by atoms with Crippen LogP contribution in [0.1, 0.15) is 26.0 Å². The Morgan fingerprint density at radius 2 is 2.46 bits per heavy atom. The molecule has 1 rings (SSSR count). The lowest BCUT2D eigenvalue weighted by atomic mass is 10.0. The Morgan fingerprint density at radius 3 is 2.92 bits per heavy atom. The summed E-state index contributed by atoms with van der Waals surface area (Å²) in [6, 6.07) is 0. The molecule has 2 N–H and O–H groups in total. The number of nitrogens with zero attached hydrogens (tertiary/aromatic N) is 1. The quantitative estimate of drug-likeness (QED) is 0.714. The van der Waals surface area contributed by atoms with Crippen molar-refractivity contribution < 1.29 is 9.52 Å². The normalized spacial score (nSPS) is 15.6. The Bertz CT molecular complexity index is 230. The Balaban J connectivity index is 2.41. The smallest absolute Gasteiger partial charge is 0.180 e. The van der Waals surface area contributed by atoms with E-state index in [-0.39, 0.29) is 12.1 Å². The molecule has 0 amide bonds. The van der Waals surface area contributed by atoms with Crippen LogP contribution in [-0.2, 0) is 6.54 Å². The molecular weight excluding hydrogens is 168 g/mol. The molecule has 1 aromatic heterocycles. The molecule has 1 unspecified atom stereocenters. The van der Waals surface area contributed by atoms with Crippen molar-refractivity contribution in [2.75, 3.05) is 6.61 Å². The van der Waals surface area contributed by atoms with Gasteiger partial charge in [0.1, 0.15) is 5.76 Å². The molecule has 0 saturated heterocycles. The Morgan fingerprint density at radius 1 is 1.69 bits per heavy atom. The zero-order valence-electron chi connectivity index (χ0n) is 8.08. The van der Waals surface area contributed by atoms with Gasteiger partial charge >= 0.3 is 0 Å². The Hall–Kier alpha value is -0.870. The van der Waals surface area contributed by atoms with Gasteiger partial charge in [-0.05, 0) is 13.3 Å². The summed E-state index contributed by atoms with van der Waals surface area (Å²) in [5, 5.41) is 12.3. The number of hydrogen-bond donors (Lipinski definition) is 2. The van der Waals surface area contributed by atoms with Crippen LogP contribution in [0.15, 0.2) is 17.0 Å². The highest BCUT2D eigenvalue weighted by Gasteiger charge is 2.19. The second-order valence-electron chi connectivity index (χ2n) is 3.39. The molecule has 13 heavy (non-hydrogen) atoms. The predicted molar refractivity (Wildman–Crippen MR) is 49.1 cm³/mol. The molecule has 0 aromatic carbocycles. The zero-order chi connectivity index (χ0) is 9.73. The fourth-order valence-corrected chi connectivity index (χ4v) is 0.923. The van der Waals surface area contributed by atoms with Crippen molar-refractivity contribution in [3.05, 3.63) is 18.4 Å². The van der Waals surface area contributed by atoms with E-state index < -0.39 is 0 Å². The van der Waals surface area contributed by atoms with E-state index in [1.54, 1.807) is 6.20 Å². The number of rotatable bonds is 5. The third kappa shape index (κ3) is 2.82. The van der Waals surface area contributed by atoms with Gasteiger partial charge in [0.2, 0.25) is 0 Å². The SMILES string of the molecule is CCC(C)(CO)NCc1cnco1. The van der Waals surface area contributed by atoms with Crippen LogP contribution in [0.5, 0.6) is 0 Å². The summed E-state index contributed by atoms with van der Waals surface area (Å²) in [6.07, 6.45) is 3.94. The van der Waals surface area contributed by atoms with Crippen LogP contribution in [0.4, 0.5) is 0 Å². The molecule has 0 saturated carbocycles. The largest absolute Gasteiger partial charge is 0.447 e. The Kier molecular flexibility index (Phi) is 3.45. The van der Waals surface area contributed by atoms with E-state index in [1.807, 2.05) is 13.8 Å². The minimum Gasteiger partial charge on any atom is -0.447 e. The third-order valence-electron chi connectivity index (χ3n) is 2.30. The minimum absolute atomic E-state index is 0.123. The summed E-state index contributed by atoms with van der Waals surface area (Å²) in [4.78, 5) is 3.81. The summed E-state index contributed by atoms with van der Waals surface area (Å²) in [6.45, 7) is 4.73. The Labute approximate surface area is 78.0 Å². The van der Waals surface area contributed by atoms with Gasteiger partial charge in [0.25, 0.3) is 0 Å². The molecule has 1 atom stereocenters. The summed E-state index contributed by atoms with van der Waals surface area (Å²) in [5.74, 6) is 0.785. The fraction of sp³-hybridized carbons (Fsp3) is 0.667. The highest BCUT2D eigenvalue weighted by atomic mass is 16.3. The molecule has 74 valence electrons. The molecule has 0 radical (unpaired) electrons. The predicted octanol–water partition coefficient (Wildman–Crippen LogP) is 0.925. The van der Waals surface area contributed by atoms with Crippen molar-refractivity contribution in [1.29, 1.82) is 0 Å². The van der Waals surface area contributed by atoms with Crippen LogP contribution in [0.2, 0.25) is 0 Å². The second-order valence-corrected chi connectivity index (χ2v) is 3.39. The molecule has 4 heteroatoms. The monoisotopic (exact) mass is 184 g/mol. The standard InChI is InChI=1S/C9H16N2O2/c1-3-9(2,6-12)11-5-8-4-10-7-13-8/h4,7,11-12H,3,5-6H2,1-2H3. The second kappa shape index (κ2) is 4.39. The number of hydrogen-bond acceptors (Lipinski definition) is 4. The van der Waals surface area contributed by atoms with E-state index in [1.165, 1.54) is 6.39 Å². The first-order valence-corrected chi connectivity index (χ1v) is 4.43. The highest BCUT2D eigenvalue weighted by Crippen LogP contribution is 2.09. The maximum atomic E-state index is 9.11. The number of aliphatic hydroxyl groups is 1. The van der Waals surface area contributed by atoms with Gasteiger partial charge in [0, 0.05) is 5.54 Å². The van der Waals surface area contributed by atoms with E-state index in [4.69, 9.17) is 9.52 Å². The number of oxazole rings is 1. The zero-order valence-corrected chi connectivity index (χ0v) is 8.08. The minimum atomic E-state index is -0.229. The summed E-state index contributed by atoms with van der Waals surface area (Å²) in [7, 11) is 0. The van der Waals surface area contributed by atoms with Crippen molar-refractivity contribution >= 4 is 0 Å². The van der Waals surface area contributed by atoms with Gasteiger partial charge in [-0.3, -0.25) is 0 Å². The molecule has 0 fully saturated rings. The van der Waals surface area contributed by atoms with Crippen molar-refractivity contribution in [3.63, 3.8) is 0 Å². The molecular formula is C9H16N2O2. The molecule has 1 aromatic rings. The molecule has 0 aliphatic carbocycles. The molecule has 0 bridgehead atoms. The van der Waals surface area contributed by atoms with Crippen molar-refractivity contribution in [1.82, 2.24) is 10.3 Å². The van der Waals surface area contributed by atoms with E-state index in [0.717, 1.165) is 12.2 Å². The average molecular weight is 184 g/mol. The van der Waals surface area contributed by atoms with Gasteiger partial charge < -0.3 is 14.8 Å². The first-order valence-electron chi connectivity index (χ1n) is 4.43. The van der Waals surface area contributed by atoms with E-state index in [2.05, 4.69) is 10.3 Å². The molecule has 0 aliphatic rings. The summed E-state index contributed by atoms with van der Waals surface area (Å²) < 4.78 is 5.06. The topological polar surface area (TPSA) is 58.3 Å². The lowest BCUT2D eigenvalue weighted by molar-refractivity contribution is 0.166. The lowest BCUT2D eigenvalue weighted by Crippen LogP contribution is -2.44. The lowest BCUT2D eigenvalue weighted by Gasteiger charge is -2.26. The highest BCUT2D eigenvalue weighted by molar-refractivity contribution is 4.91. The van der Waals surface area contributed by atoms with Crippen LogP contribution in [0.25, 0.3) is 0 Å². The maximum Gasteiger partial charge on any atom is 0.180 e. The number of nitrogens with one attached hydrogen (secondary N) is 1. The van der Waals surface area contributed by atoms with E-state index >= 15 is 0 Å². The van der Waals surface area contributed by atoms with Crippen molar-refractivity contribution in [3.8, 4) is 0 Å². The van der Waals surface area contributed by atoms with Crippen LogP contribution >= 0.6 is 0 Å². The van der Waals surface area contributed by atoms with Gasteiger partial charge in [-0.15, -0.1) is 0 Å². The molecule has 0 spiro atoms. The maximum absolute atomic E-state index is 9.11. The van der Waals surface area contributed by atoms with Gasteiger partial charge in [-0.25, -0.2) is 4.98 Å². The van der Waals surface area contributed by atoms with E-state index in [9.17, 15) is 0 Å². The van der Waals surface area contributed by atoms with Crippen molar-refractivity contribution in [2.45, 2.75) is 32.4 Å².